The monoisotopic (exact) mass is 452 g/mol. The number of fused-ring (bicyclic) bond motifs is 1. The van der Waals surface area contributed by atoms with Crippen molar-refractivity contribution in [2.45, 2.75) is 31.3 Å². The highest BCUT2D eigenvalue weighted by atomic mass is 32.2. The van der Waals surface area contributed by atoms with Crippen molar-refractivity contribution in [1.82, 2.24) is 0 Å². The second kappa shape index (κ2) is 8.20. The lowest BCUT2D eigenvalue weighted by atomic mass is 10.1. The lowest BCUT2D eigenvalue weighted by Gasteiger charge is -2.39. The van der Waals surface area contributed by atoms with Crippen molar-refractivity contribution in [2.24, 2.45) is 0 Å². The largest absolute Gasteiger partial charge is 0.484 e. The highest BCUT2D eigenvalue weighted by Crippen LogP contribution is 2.39. The minimum absolute atomic E-state index is 0.0142. The molecule has 32 heavy (non-hydrogen) atoms. The number of sulfonamides is 1. The molecule has 0 spiro atoms. The van der Waals surface area contributed by atoms with Gasteiger partial charge in [0.05, 0.1) is 22.8 Å². The first-order valence-corrected chi connectivity index (χ1v) is 11.6. The van der Waals surface area contributed by atoms with E-state index in [1.54, 1.807) is 42.5 Å². The standard InChI is InChI=1S/C24H24N2O5S/c1-17(27)26-16-24(2,3)31-23-14-13-19(15-21(23)26)32(28,29)25-20-11-7-8-12-22(20)30-18-9-5-4-6-10-18/h4-15,25H,16H2,1-3H3. The molecule has 1 heterocycles. The van der Waals surface area contributed by atoms with Crippen LogP contribution in [0.1, 0.15) is 20.8 Å². The van der Waals surface area contributed by atoms with Gasteiger partial charge in [0.2, 0.25) is 5.91 Å². The zero-order valence-electron chi connectivity index (χ0n) is 18.0. The number of hydrogen-bond donors (Lipinski definition) is 1. The molecule has 1 amide bonds. The number of nitrogens with zero attached hydrogens (tertiary/aromatic N) is 1. The first kappa shape index (κ1) is 21.7. The van der Waals surface area contributed by atoms with E-state index in [0.29, 0.717) is 35.2 Å². The molecular formula is C24H24N2O5S. The Labute approximate surface area is 187 Å². The summed E-state index contributed by atoms with van der Waals surface area (Å²) < 4.78 is 40.8. The molecule has 0 aromatic heterocycles. The van der Waals surface area contributed by atoms with E-state index in [4.69, 9.17) is 9.47 Å². The van der Waals surface area contributed by atoms with E-state index >= 15 is 0 Å². The fourth-order valence-electron chi connectivity index (χ4n) is 3.50. The Morgan fingerprint density at radius 3 is 2.44 bits per heavy atom. The van der Waals surface area contributed by atoms with Crippen LogP contribution < -0.4 is 19.1 Å². The summed E-state index contributed by atoms with van der Waals surface area (Å²) in [6.07, 6.45) is 0. The van der Waals surface area contributed by atoms with Crippen molar-refractivity contribution in [3.63, 3.8) is 0 Å². The Hall–Kier alpha value is -3.52. The minimum atomic E-state index is -3.96. The molecule has 166 valence electrons. The van der Waals surface area contributed by atoms with E-state index in [9.17, 15) is 13.2 Å². The van der Waals surface area contributed by atoms with Gasteiger partial charge in [0, 0.05) is 6.92 Å². The molecule has 1 aliphatic heterocycles. The Morgan fingerprint density at radius 2 is 1.72 bits per heavy atom. The number of amides is 1. The van der Waals surface area contributed by atoms with Gasteiger partial charge >= 0.3 is 0 Å². The van der Waals surface area contributed by atoms with Crippen molar-refractivity contribution in [3.8, 4) is 17.2 Å². The quantitative estimate of drug-likeness (QED) is 0.601. The second-order valence-electron chi connectivity index (χ2n) is 8.11. The fourth-order valence-corrected chi connectivity index (χ4v) is 4.59. The van der Waals surface area contributed by atoms with Gasteiger partial charge in [0.25, 0.3) is 10.0 Å². The first-order chi connectivity index (χ1) is 15.1. The molecular weight excluding hydrogens is 428 g/mol. The van der Waals surface area contributed by atoms with E-state index in [1.165, 1.54) is 24.0 Å². The Morgan fingerprint density at radius 1 is 1.03 bits per heavy atom. The Bertz CT molecular complexity index is 1260. The molecule has 0 fully saturated rings. The molecule has 1 N–H and O–H groups in total. The number of para-hydroxylation sites is 3. The molecule has 0 saturated heterocycles. The third kappa shape index (κ3) is 4.55. The average molecular weight is 453 g/mol. The van der Waals surface area contributed by atoms with Crippen LogP contribution >= 0.6 is 0 Å². The average Bonchev–Trinajstić information content (AvgIpc) is 2.74. The van der Waals surface area contributed by atoms with Gasteiger partial charge in [-0.1, -0.05) is 30.3 Å². The van der Waals surface area contributed by atoms with Crippen molar-refractivity contribution >= 4 is 27.3 Å². The normalized spacial score (nSPS) is 14.8. The van der Waals surface area contributed by atoms with Crippen LogP contribution in [-0.2, 0) is 14.8 Å². The predicted molar refractivity (Wildman–Crippen MR) is 123 cm³/mol. The van der Waals surface area contributed by atoms with Crippen molar-refractivity contribution in [2.75, 3.05) is 16.2 Å². The van der Waals surface area contributed by atoms with Gasteiger partial charge in [0.15, 0.2) is 5.75 Å². The molecule has 3 aromatic rings. The number of ether oxygens (including phenoxy) is 2. The number of carbonyl (C=O) groups excluding carboxylic acids is 1. The van der Waals surface area contributed by atoms with E-state index in [1.807, 2.05) is 32.0 Å². The van der Waals surface area contributed by atoms with Crippen LogP contribution in [0, 0.1) is 0 Å². The third-order valence-corrected chi connectivity index (χ3v) is 6.30. The van der Waals surface area contributed by atoms with Crippen LogP contribution in [0.3, 0.4) is 0 Å². The summed E-state index contributed by atoms with van der Waals surface area (Å²) in [5.74, 6) is 1.23. The zero-order chi connectivity index (χ0) is 22.9. The van der Waals surface area contributed by atoms with Gasteiger partial charge in [-0.3, -0.25) is 9.52 Å². The molecule has 0 aliphatic carbocycles. The SMILES string of the molecule is CC(=O)N1CC(C)(C)Oc2ccc(S(=O)(=O)Nc3ccccc3Oc3ccccc3)cc21. The van der Waals surface area contributed by atoms with Gasteiger partial charge in [-0.2, -0.15) is 0 Å². The van der Waals surface area contributed by atoms with Gasteiger partial charge in [-0.05, 0) is 56.3 Å². The summed E-state index contributed by atoms with van der Waals surface area (Å²) >= 11 is 0. The summed E-state index contributed by atoms with van der Waals surface area (Å²) in [6, 6.07) is 20.4. The van der Waals surface area contributed by atoms with Crippen LogP contribution in [0.15, 0.2) is 77.7 Å². The number of anilines is 2. The van der Waals surface area contributed by atoms with Crippen molar-refractivity contribution in [1.29, 1.82) is 0 Å². The number of hydrogen-bond acceptors (Lipinski definition) is 5. The highest BCUT2D eigenvalue weighted by Gasteiger charge is 2.34. The van der Waals surface area contributed by atoms with Gasteiger partial charge in [-0.15, -0.1) is 0 Å². The van der Waals surface area contributed by atoms with Gasteiger partial charge in [0.1, 0.15) is 17.1 Å². The van der Waals surface area contributed by atoms with Crippen LogP contribution in [-0.4, -0.2) is 26.5 Å². The third-order valence-electron chi connectivity index (χ3n) is 4.94. The van der Waals surface area contributed by atoms with Crippen LogP contribution in [0.4, 0.5) is 11.4 Å². The summed E-state index contributed by atoms with van der Waals surface area (Å²) in [6.45, 7) is 5.52. The number of rotatable bonds is 5. The van der Waals surface area contributed by atoms with Crippen molar-refractivity contribution < 1.29 is 22.7 Å². The second-order valence-corrected chi connectivity index (χ2v) is 9.80. The van der Waals surface area contributed by atoms with Crippen LogP contribution in [0.25, 0.3) is 0 Å². The molecule has 0 unspecified atom stereocenters. The summed E-state index contributed by atoms with van der Waals surface area (Å²) in [7, 11) is -3.96. The highest BCUT2D eigenvalue weighted by molar-refractivity contribution is 7.92. The van der Waals surface area contributed by atoms with Gasteiger partial charge < -0.3 is 14.4 Å². The first-order valence-electron chi connectivity index (χ1n) is 10.1. The van der Waals surface area contributed by atoms with Crippen molar-refractivity contribution in [3.05, 3.63) is 72.8 Å². The van der Waals surface area contributed by atoms with E-state index in [0.717, 1.165) is 0 Å². The molecule has 8 heteroatoms. The zero-order valence-corrected chi connectivity index (χ0v) is 18.8. The van der Waals surface area contributed by atoms with E-state index in [-0.39, 0.29) is 10.8 Å². The molecule has 0 bridgehead atoms. The maximum atomic E-state index is 13.2. The maximum Gasteiger partial charge on any atom is 0.262 e. The Balaban J connectivity index is 1.66. The molecule has 0 saturated carbocycles. The molecule has 4 rings (SSSR count). The molecule has 1 aliphatic rings. The molecule has 3 aromatic carbocycles. The fraction of sp³-hybridized carbons (Fsp3) is 0.208. The number of benzene rings is 3. The summed E-state index contributed by atoms with van der Waals surface area (Å²) in [4.78, 5) is 13.8. The summed E-state index contributed by atoms with van der Waals surface area (Å²) in [5, 5.41) is 0. The Kier molecular flexibility index (Phi) is 5.56. The number of nitrogens with one attached hydrogen (secondary N) is 1. The minimum Gasteiger partial charge on any atom is -0.484 e. The lowest BCUT2D eigenvalue weighted by Crippen LogP contribution is -2.48. The van der Waals surface area contributed by atoms with Crippen LogP contribution in [0.5, 0.6) is 17.2 Å². The topological polar surface area (TPSA) is 84.9 Å². The lowest BCUT2D eigenvalue weighted by molar-refractivity contribution is -0.117. The number of carbonyl (C=O) groups is 1. The van der Waals surface area contributed by atoms with Crippen LogP contribution in [0.2, 0.25) is 0 Å². The van der Waals surface area contributed by atoms with Gasteiger partial charge in [-0.25, -0.2) is 8.42 Å². The molecule has 0 radical (unpaired) electrons. The predicted octanol–water partition coefficient (Wildman–Crippen LogP) is 4.80. The van der Waals surface area contributed by atoms with E-state index < -0.39 is 15.6 Å². The molecule has 0 atom stereocenters. The smallest absolute Gasteiger partial charge is 0.262 e. The summed E-state index contributed by atoms with van der Waals surface area (Å²) in [5.41, 5.74) is 0.147. The maximum absolute atomic E-state index is 13.2. The van der Waals surface area contributed by atoms with E-state index in [2.05, 4.69) is 4.72 Å². The molecule has 7 nitrogen and oxygen atoms in total.